The largest absolute Gasteiger partial charge is 0.354 e. The van der Waals surface area contributed by atoms with E-state index in [1.807, 2.05) is 11.8 Å². The van der Waals surface area contributed by atoms with Gasteiger partial charge < -0.3 is 10.6 Å². The molecule has 4 nitrogen and oxygen atoms in total. The maximum absolute atomic E-state index is 11.8. The van der Waals surface area contributed by atoms with Crippen molar-refractivity contribution < 1.29 is 4.79 Å². The van der Waals surface area contributed by atoms with E-state index in [1.54, 1.807) is 0 Å². The van der Waals surface area contributed by atoms with Crippen molar-refractivity contribution in [2.75, 3.05) is 31.6 Å². The van der Waals surface area contributed by atoms with Crippen molar-refractivity contribution in [1.82, 2.24) is 15.5 Å². The molecule has 2 N–H and O–H groups in total. The van der Waals surface area contributed by atoms with E-state index in [1.165, 1.54) is 18.6 Å². The summed E-state index contributed by atoms with van der Waals surface area (Å²) < 4.78 is 0. The van der Waals surface area contributed by atoms with E-state index in [-0.39, 0.29) is 5.91 Å². The Bertz CT molecular complexity index is 277. The van der Waals surface area contributed by atoms with Crippen molar-refractivity contribution in [3.8, 4) is 0 Å². The number of carbonyl (C=O) groups excluding carboxylic acids is 1. The van der Waals surface area contributed by atoms with Crippen LogP contribution in [-0.2, 0) is 4.79 Å². The molecule has 0 spiro atoms. The smallest absolute Gasteiger partial charge is 0.221 e. The van der Waals surface area contributed by atoms with Gasteiger partial charge in [-0.1, -0.05) is 0 Å². The topological polar surface area (TPSA) is 44.4 Å². The Kier molecular flexibility index (Phi) is 5.33. The van der Waals surface area contributed by atoms with Gasteiger partial charge in [-0.25, -0.2) is 0 Å². The van der Waals surface area contributed by atoms with Crippen LogP contribution >= 0.6 is 11.8 Å². The molecule has 1 aliphatic heterocycles. The molecule has 1 saturated heterocycles. The molecule has 0 bridgehead atoms. The number of hydrogen-bond donors (Lipinski definition) is 2. The summed E-state index contributed by atoms with van der Waals surface area (Å²) in [7, 11) is 2.16. The van der Waals surface area contributed by atoms with E-state index in [9.17, 15) is 4.79 Å². The average Bonchev–Trinajstić information content (AvgIpc) is 3.20. The highest BCUT2D eigenvalue weighted by Crippen LogP contribution is 2.26. The zero-order valence-electron chi connectivity index (χ0n) is 11.4. The number of nitrogens with one attached hydrogen (secondary N) is 2. The third kappa shape index (κ3) is 4.44. The van der Waals surface area contributed by atoms with Crippen molar-refractivity contribution in [2.45, 2.75) is 44.3 Å². The first-order valence-corrected chi connectivity index (χ1v) is 8.12. The fourth-order valence-corrected chi connectivity index (χ4v) is 3.24. The maximum atomic E-state index is 11.8. The van der Waals surface area contributed by atoms with Crippen LogP contribution in [0.15, 0.2) is 0 Å². The average molecular weight is 271 g/mol. The van der Waals surface area contributed by atoms with Crippen molar-refractivity contribution in [2.24, 2.45) is 0 Å². The molecular weight excluding hydrogens is 246 g/mol. The van der Waals surface area contributed by atoms with Gasteiger partial charge in [0.2, 0.25) is 5.91 Å². The molecule has 0 radical (unpaired) electrons. The van der Waals surface area contributed by atoms with E-state index in [0.29, 0.717) is 18.5 Å². The lowest BCUT2D eigenvalue weighted by Crippen LogP contribution is -2.44. The quantitative estimate of drug-likeness (QED) is 0.746. The molecule has 1 heterocycles. The lowest BCUT2D eigenvalue weighted by Gasteiger charge is -2.26. The van der Waals surface area contributed by atoms with Gasteiger partial charge in [-0.05, 0) is 26.8 Å². The Morgan fingerprint density at radius 2 is 2.33 bits per heavy atom. The van der Waals surface area contributed by atoms with Crippen LogP contribution in [0.3, 0.4) is 0 Å². The number of likely N-dealkylation sites (N-methyl/N-ethyl adjacent to an activating group) is 1. The van der Waals surface area contributed by atoms with Crippen LogP contribution < -0.4 is 10.6 Å². The molecule has 2 atom stereocenters. The molecule has 2 aliphatic rings. The first-order valence-electron chi connectivity index (χ1n) is 6.96. The summed E-state index contributed by atoms with van der Waals surface area (Å²) in [6, 6.07) is 1.56. The normalized spacial score (nSPS) is 26.1. The highest BCUT2D eigenvalue weighted by atomic mass is 32.2. The number of amides is 1. The SMILES string of the molecule is CC(CNC(=O)CC1CSCCN1)N(C)C1CC1. The molecule has 1 amide bonds. The minimum atomic E-state index is 0.186. The molecule has 2 unspecified atom stereocenters. The highest BCUT2D eigenvalue weighted by molar-refractivity contribution is 7.99. The Labute approximate surface area is 114 Å². The maximum Gasteiger partial charge on any atom is 0.221 e. The molecule has 0 aromatic carbocycles. The van der Waals surface area contributed by atoms with E-state index < -0.39 is 0 Å². The van der Waals surface area contributed by atoms with E-state index in [0.717, 1.165) is 24.9 Å². The molecule has 0 aromatic heterocycles. The summed E-state index contributed by atoms with van der Waals surface area (Å²) in [5.41, 5.74) is 0. The van der Waals surface area contributed by atoms with E-state index >= 15 is 0 Å². The third-order valence-electron chi connectivity index (χ3n) is 3.84. The van der Waals surface area contributed by atoms with Gasteiger partial charge in [0, 0.05) is 49.1 Å². The van der Waals surface area contributed by atoms with Crippen LogP contribution in [0.2, 0.25) is 0 Å². The summed E-state index contributed by atoms with van der Waals surface area (Å²) >= 11 is 1.94. The van der Waals surface area contributed by atoms with Crippen LogP contribution in [0.1, 0.15) is 26.2 Å². The van der Waals surface area contributed by atoms with Crippen molar-refractivity contribution >= 4 is 17.7 Å². The Morgan fingerprint density at radius 1 is 1.56 bits per heavy atom. The molecule has 2 rings (SSSR count). The fraction of sp³-hybridized carbons (Fsp3) is 0.923. The predicted octanol–water partition coefficient (Wildman–Crippen LogP) is 0.680. The van der Waals surface area contributed by atoms with Crippen LogP contribution in [0.25, 0.3) is 0 Å². The standard InChI is InChI=1S/C13H25N3OS/c1-10(16(2)12-3-4-12)8-15-13(17)7-11-9-18-6-5-14-11/h10-12,14H,3-9H2,1-2H3,(H,15,17). The Balaban J connectivity index is 1.61. The zero-order chi connectivity index (χ0) is 13.0. The number of carbonyl (C=O) groups is 1. The molecule has 104 valence electrons. The first kappa shape index (κ1) is 14.2. The van der Waals surface area contributed by atoms with Gasteiger partial charge in [-0.15, -0.1) is 0 Å². The van der Waals surface area contributed by atoms with Crippen molar-refractivity contribution in [1.29, 1.82) is 0 Å². The molecule has 1 saturated carbocycles. The number of hydrogen-bond acceptors (Lipinski definition) is 4. The molecule has 2 fully saturated rings. The third-order valence-corrected chi connectivity index (χ3v) is 4.97. The van der Waals surface area contributed by atoms with Gasteiger partial charge >= 0.3 is 0 Å². The summed E-state index contributed by atoms with van der Waals surface area (Å²) in [5, 5.41) is 6.46. The second-order valence-electron chi connectivity index (χ2n) is 5.48. The first-order chi connectivity index (χ1) is 8.66. The van der Waals surface area contributed by atoms with Crippen LogP contribution in [0.5, 0.6) is 0 Å². The van der Waals surface area contributed by atoms with Crippen LogP contribution in [-0.4, -0.2) is 60.6 Å². The highest BCUT2D eigenvalue weighted by Gasteiger charge is 2.29. The van der Waals surface area contributed by atoms with E-state index in [4.69, 9.17) is 0 Å². The molecule has 1 aliphatic carbocycles. The summed E-state index contributed by atoms with van der Waals surface area (Å²) in [5.74, 6) is 2.41. The second-order valence-corrected chi connectivity index (χ2v) is 6.63. The number of thioether (sulfide) groups is 1. The lowest BCUT2D eigenvalue weighted by molar-refractivity contribution is -0.121. The van der Waals surface area contributed by atoms with Crippen LogP contribution in [0, 0.1) is 0 Å². The van der Waals surface area contributed by atoms with Gasteiger partial charge in [-0.3, -0.25) is 9.69 Å². The van der Waals surface area contributed by atoms with Gasteiger partial charge in [0.15, 0.2) is 0 Å². The fourth-order valence-electron chi connectivity index (χ4n) is 2.29. The number of nitrogens with zero attached hydrogens (tertiary/aromatic N) is 1. The van der Waals surface area contributed by atoms with Crippen molar-refractivity contribution in [3.63, 3.8) is 0 Å². The predicted molar refractivity (Wildman–Crippen MR) is 77.0 cm³/mol. The van der Waals surface area contributed by atoms with Gasteiger partial charge in [-0.2, -0.15) is 11.8 Å². The Morgan fingerprint density at radius 3 is 2.94 bits per heavy atom. The Hall–Kier alpha value is -0.260. The molecule has 5 heteroatoms. The monoisotopic (exact) mass is 271 g/mol. The summed E-state index contributed by atoms with van der Waals surface area (Å²) in [4.78, 5) is 14.2. The van der Waals surface area contributed by atoms with Gasteiger partial charge in [0.1, 0.15) is 0 Å². The minimum Gasteiger partial charge on any atom is -0.354 e. The number of rotatable bonds is 6. The van der Waals surface area contributed by atoms with Gasteiger partial charge in [0.05, 0.1) is 0 Å². The molecule has 0 aromatic rings. The zero-order valence-corrected chi connectivity index (χ0v) is 12.3. The van der Waals surface area contributed by atoms with Crippen LogP contribution in [0.4, 0.5) is 0 Å². The molecule has 18 heavy (non-hydrogen) atoms. The molecular formula is C13H25N3OS. The lowest BCUT2D eigenvalue weighted by atomic mass is 10.2. The van der Waals surface area contributed by atoms with Crippen molar-refractivity contribution in [3.05, 3.63) is 0 Å². The van der Waals surface area contributed by atoms with E-state index in [2.05, 4.69) is 29.5 Å². The second kappa shape index (κ2) is 6.78. The minimum absolute atomic E-state index is 0.186. The summed E-state index contributed by atoms with van der Waals surface area (Å²) in [6.45, 7) is 3.99. The summed E-state index contributed by atoms with van der Waals surface area (Å²) in [6.07, 6.45) is 3.25. The van der Waals surface area contributed by atoms with Gasteiger partial charge in [0.25, 0.3) is 0 Å².